The predicted molar refractivity (Wildman–Crippen MR) is 77.3 cm³/mol. The van der Waals surface area contributed by atoms with Crippen molar-refractivity contribution in [2.45, 2.75) is 0 Å². The molecular weight excluding hydrogens is 306 g/mol. The number of benzene rings is 1. The van der Waals surface area contributed by atoms with Crippen molar-refractivity contribution < 1.29 is 4.52 Å². The normalized spacial score (nSPS) is 10.6. The van der Waals surface area contributed by atoms with Crippen LogP contribution < -0.4 is 5.73 Å². The third-order valence-corrected chi connectivity index (χ3v) is 3.27. The van der Waals surface area contributed by atoms with Crippen LogP contribution in [0.15, 0.2) is 57.8 Å². The quantitative estimate of drug-likeness (QED) is 0.782. The summed E-state index contributed by atoms with van der Waals surface area (Å²) in [4.78, 5) is 3.99. The van der Waals surface area contributed by atoms with Crippen LogP contribution in [0.1, 0.15) is 0 Å². The number of nitrogens with two attached hydrogens (primary N) is 1. The van der Waals surface area contributed by atoms with Crippen molar-refractivity contribution in [3.63, 3.8) is 0 Å². The van der Waals surface area contributed by atoms with Crippen LogP contribution in [-0.4, -0.2) is 10.1 Å². The van der Waals surface area contributed by atoms with Gasteiger partial charge in [0.15, 0.2) is 11.6 Å². The summed E-state index contributed by atoms with van der Waals surface area (Å²) >= 11 is 3.45. The molecule has 0 fully saturated rings. The Hall–Kier alpha value is -2.14. The SMILES string of the molecule is Nc1noc(-c2ccncc2)c1-c1cccc(Br)c1. The van der Waals surface area contributed by atoms with E-state index < -0.39 is 0 Å². The van der Waals surface area contributed by atoms with Gasteiger partial charge < -0.3 is 10.3 Å². The third kappa shape index (κ3) is 2.24. The van der Waals surface area contributed by atoms with Crippen molar-refractivity contribution >= 4 is 21.7 Å². The highest BCUT2D eigenvalue weighted by molar-refractivity contribution is 9.10. The number of aromatic nitrogens is 2. The molecule has 4 nitrogen and oxygen atoms in total. The number of nitrogens with zero attached hydrogens (tertiary/aromatic N) is 2. The van der Waals surface area contributed by atoms with Gasteiger partial charge in [0.1, 0.15) is 0 Å². The Kier molecular flexibility index (Phi) is 3.05. The molecule has 3 aromatic rings. The van der Waals surface area contributed by atoms with E-state index in [0.29, 0.717) is 11.6 Å². The summed E-state index contributed by atoms with van der Waals surface area (Å²) in [6.07, 6.45) is 3.41. The fraction of sp³-hybridized carbons (Fsp3) is 0. The summed E-state index contributed by atoms with van der Waals surface area (Å²) in [6, 6.07) is 11.6. The molecule has 0 amide bonds. The largest absolute Gasteiger partial charge is 0.380 e. The third-order valence-electron chi connectivity index (χ3n) is 2.77. The van der Waals surface area contributed by atoms with Crippen LogP contribution >= 0.6 is 15.9 Å². The van der Waals surface area contributed by atoms with Crippen LogP contribution in [0.3, 0.4) is 0 Å². The molecule has 1 aromatic carbocycles. The Labute approximate surface area is 118 Å². The Bertz CT molecular complexity index is 710. The molecule has 3 rings (SSSR count). The van der Waals surface area contributed by atoms with E-state index in [2.05, 4.69) is 26.1 Å². The number of rotatable bonds is 2. The molecule has 0 saturated heterocycles. The van der Waals surface area contributed by atoms with Crippen molar-refractivity contribution in [2.75, 3.05) is 5.73 Å². The fourth-order valence-electron chi connectivity index (χ4n) is 1.93. The molecule has 0 aliphatic carbocycles. The highest BCUT2D eigenvalue weighted by Gasteiger charge is 2.17. The van der Waals surface area contributed by atoms with Crippen LogP contribution in [0.2, 0.25) is 0 Å². The lowest BCUT2D eigenvalue weighted by Gasteiger charge is -2.03. The minimum absolute atomic E-state index is 0.380. The molecule has 0 spiro atoms. The number of anilines is 1. The average molecular weight is 316 g/mol. The number of nitrogen functional groups attached to an aromatic ring is 1. The van der Waals surface area contributed by atoms with Crippen LogP contribution in [0.25, 0.3) is 22.5 Å². The lowest BCUT2D eigenvalue weighted by Crippen LogP contribution is -1.89. The van der Waals surface area contributed by atoms with E-state index >= 15 is 0 Å². The second-order valence-electron chi connectivity index (χ2n) is 4.02. The molecule has 2 N–H and O–H groups in total. The zero-order valence-electron chi connectivity index (χ0n) is 9.88. The summed E-state index contributed by atoms with van der Waals surface area (Å²) < 4.78 is 6.34. The van der Waals surface area contributed by atoms with Crippen LogP contribution in [0.4, 0.5) is 5.82 Å². The summed E-state index contributed by atoms with van der Waals surface area (Å²) in [5.41, 5.74) is 8.58. The minimum Gasteiger partial charge on any atom is -0.380 e. The van der Waals surface area contributed by atoms with Crippen LogP contribution in [-0.2, 0) is 0 Å². The van der Waals surface area contributed by atoms with Crippen molar-refractivity contribution in [2.24, 2.45) is 0 Å². The second kappa shape index (κ2) is 4.85. The van der Waals surface area contributed by atoms with Crippen molar-refractivity contribution in [3.05, 3.63) is 53.3 Å². The highest BCUT2D eigenvalue weighted by Crippen LogP contribution is 2.37. The maximum Gasteiger partial charge on any atom is 0.177 e. The molecule has 0 saturated carbocycles. The first-order chi connectivity index (χ1) is 9.25. The van der Waals surface area contributed by atoms with E-state index in [9.17, 15) is 0 Å². The maximum atomic E-state index is 5.93. The molecular formula is C14H10BrN3O. The monoisotopic (exact) mass is 315 g/mol. The topological polar surface area (TPSA) is 64.9 Å². The van der Waals surface area contributed by atoms with Gasteiger partial charge >= 0.3 is 0 Å². The van der Waals surface area contributed by atoms with Gasteiger partial charge in [0.2, 0.25) is 0 Å². The van der Waals surface area contributed by atoms with Gasteiger partial charge in [0.05, 0.1) is 5.56 Å². The van der Waals surface area contributed by atoms with Crippen LogP contribution in [0, 0.1) is 0 Å². The van der Waals surface area contributed by atoms with Crippen molar-refractivity contribution in [1.29, 1.82) is 0 Å². The maximum absolute atomic E-state index is 5.93. The molecule has 5 heteroatoms. The second-order valence-corrected chi connectivity index (χ2v) is 4.93. The summed E-state index contributed by atoms with van der Waals surface area (Å²) in [7, 11) is 0. The van der Waals surface area contributed by atoms with E-state index in [1.807, 2.05) is 36.4 Å². The number of pyridine rings is 1. The molecule has 0 aliphatic rings. The molecule has 19 heavy (non-hydrogen) atoms. The molecule has 2 heterocycles. The van der Waals surface area contributed by atoms with Gasteiger partial charge in [0, 0.05) is 22.4 Å². The van der Waals surface area contributed by atoms with Gasteiger partial charge in [0.25, 0.3) is 0 Å². The Morgan fingerprint density at radius 3 is 2.58 bits per heavy atom. The van der Waals surface area contributed by atoms with Crippen molar-refractivity contribution in [3.8, 4) is 22.5 Å². The lowest BCUT2D eigenvalue weighted by molar-refractivity contribution is 0.436. The molecule has 94 valence electrons. The molecule has 0 unspecified atom stereocenters. The molecule has 0 aliphatic heterocycles. The first-order valence-corrected chi connectivity index (χ1v) is 6.46. The van der Waals surface area contributed by atoms with Crippen molar-refractivity contribution in [1.82, 2.24) is 10.1 Å². The van der Waals surface area contributed by atoms with E-state index in [1.165, 1.54) is 0 Å². The zero-order valence-corrected chi connectivity index (χ0v) is 11.5. The Morgan fingerprint density at radius 1 is 1.05 bits per heavy atom. The van der Waals surface area contributed by atoms with E-state index in [4.69, 9.17) is 10.3 Å². The first kappa shape index (κ1) is 11.9. The Balaban J connectivity index is 2.20. The van der Waals surface area contributed by atoms with Gasteiger partial charge in [-0.15, -0.1) is 0 Å². The number of hydrogen-bond acceptors (Lipinski definition) is 4. The number of halogens is 1. The minimum atomic E-state index is 0.380. The van der Waals surface area contributed by atoms with E-state index in [-0.39, 0.29) is 0 Å². The fourth-order valence-corrected chi connectivity index (χ4v) is 2.32. The first-order valence-electron chi connectivity index (χ1n) is 5.67. The molecule has 0 bridgehead atoms. The standard InChI is InChI=1S/C14H10BrN3O/c15-11-3-1-2-10(8-11)12-13(19-18-14(12)16)9-4-6-17-7-5-9/h1-8H,(H2,16,18). The number of hydrogen-bond donors (Lipinski definition) is 1. The summed E-state index contributed by atoms with van der Waals surface area (Å²) in [5.74, 6) is 1.03. The Morgan fingerprint density at radius 2 is 1.84 bits per heavy atom. The molecule has 0 atom stereocenters. The van der Waals surface area contributed by atoms with Gasteiger partial charge in [-0.3, -0.25) is 4.98 Å². The smallest absolute Gasteiger partial charge is 0.177 e. The summed E-state index contributed by atoms with van der Waals surface area (Å²) in [5, 5.41) is 3.87. The van der Waals surface area contributed by atoms with E-state index in [1.54, 1.807) is 12.4 Å². The molecule has 0 radical (unpaired) electrons. The molecule has 2 aromatic heterocycles. The predicted octanol–water partition coefficient (Wildman–Crippen LogP) is 3.75. The van der Waals surface area contributed by atoms with E-state index in [0.717, 1.165) is 21.2 Å². The van der Waals surface area contributed by atoms with Crippen LogP contribution in [0.5, 0.6) is 0 Å². The highest BCUT2D eigenvalue weighted by atomic mass is 79.9. The van der Waals surface area contributed by atoms with Gasteiger partial charge in [-0.1, -0.05) is 33.2 Å². The van der Waals surface area contributed by atoms with Gasteiger partial charge in [-0.2, -0.15) is 0 Å². The summed E-state index contributed by atoms with van der Waals surface area (Å²) in [6.45, 7) is 0. The average Bonchev–Trinajstić information content (AvgIpc) is 2.82. The van der Waals surface area contributed by atoms with Gasteiger partial charge in [-0.25, -0.2) is 0 Å². The van der Waals surface area contributed by atoms with Gasteiger partial charge in [-0.05, 0) is 29.8 Å². The lowest BCUT2D eigenvalue weighted by atomic mass is 10.0. The zero-order chi connectivity index (χ0) is 13.2.